The number of halogens is 1. The summed E-state index contributed by atoms with van der Waals surface area (Å²) >= 11 is 4.65. The van der Waals surface area contributed by atoms with Crippen molar-refractivity contribution in [2.24, 2.45) is 11.0 Å². The van der Waals surface area contributed by atoms with Crippen LogP contribution in [0.1, 0.15) is 52.2 Å². The molecule has 1 heterocycles. The Balaban J connectivity index is 1.42. The summed E-state index contributed by atoms with van der Waals surface area (Å²) in [7, 11) is 0. The van der Waals surface area contributed by atoms with E-state index in [1.54, 1.807) is 31.2 Å². The zero-order valence-electron chi connectivity index (χ0n) is 22.4. The molecule has 0 aliphatic heterocycles. The molecule has 2 amide bonds. The molecule has 3 aromatic rings. The summed E-state index contributed by atoms with van der Waals surface area (Å²) in [5.74, 6) is -2.47. The van der Waals surface area contributed by atoms with E-state index in [2.05, 4.69) is 38.7 Å². The molecule has 0 bridgehead atoms. The summed E-state index contributed by atoms with van der Waals surface area (Å²) in [4.78, 5) is 51.3. The van der Waals surface area contributed by atoms with Gasteiger partial charge in [0.2, 0.25) is 0 Å². The number of carbonyl (C=O) groups excluding carboxylic acids is 4. The predicted molar refractivity (Wildman–Crippen MR) is 161 cm³/mol. The van der Waals surface area contributed by atoms with E-state index in [9.17, 15) is 19.2 Å². The van der Waals surface area contributed by atoms with Gasteiger partial charge in [-0.05, 0) is 67.5 Å². The standard InChI is InChI=1S/C30H28BrN3O6S/c1-3-39-30(38)26-22-12-9-18(2)15-24(22)41-29(26)33-27(36)28(37)34-32-17-20-16-21(31)11-13-23(20)40-25(35)14-10-19-7-5-4-6-8-19/h4-8,10-11,13-14,16-18H,3,9,12,15H2,1-2H3,(H,33,36)(H,34,37)/b14-10+,32-17+. The minimum Gasteiger partial charge on any atom is -0.462 e. The van der Waals surface area contributed by atoms with Crippen molar-refractivity contribution in [3.8, 4) is 5.75 Å². The Bertz CT molecular complexity index is 1520. The molecular weight excluding hydrogens is 610 g/mol. The molecule has 1 aliphatic rings. The molecule has 41 heavy (non-hydrogen) atoms. The van der Waals surface area contributed by atoms with Crippen molar-refractivity contribution in [2.75, 3.05) is 11.9 Å². The third-order valence-electron chi connectivity index (χ3n) is 6.19. The Morgan fingerprint density at radius 2 is 1.90 bits per heavy atom. The molecule has 0 fully saturated rings. The third-order valence-corrected chi connectivity index (χ3v) is 7.85. The Morgan fingerprint density at radius 1 is 1.12 bits per heavy atom. The number of benzene rings is 2. The molecule has 11 heteroatoms. The number of hydrogen-bond donors (Lipinski definition) is 2. The summed E-state index contributed by atoms with van der Waals surface area (Å²) in [5.41, 5.74) is 4.58. The molecule has 0 saturated carbocycles. The highest BCUT2D eigenvalue weighted by Crippen LogP contribution is 2.40. The number of esters is 2. The Morgan fingerprint density at radius 3 is 2.66 bits per heavy atom. The maximum atomic E-state index is 12.7. The highest BCUT2D eigenvalue weighted by Gasteiger charge is 2.30. The van der Waals surface area contributed by atoms with Gasteiger partial charge < -0.3 is 14.8 Å². The lowest BCUT2D eigenvalue weighted by Gasteiger charge is -2.18. The number of nitrogens with zero attached hydrogens (tertiary/aromatic N) is 1. The summed E-state index contributed by atoms with van der Waals surface area (Å²) in [5, 5.41) is 6.71. The van der Waals surface area contributed by atoms with Crippen LogP contribution in [0.2, 0.25) is 0 Å². The van der Waals surface area contributed by atoms with Crippen LogP contribution in [-0.4, -0.2) is 36.6 Å². The summed E-state index contributed by atoms with van der Waals surface area (Å²) in [6.07, 6.45) is 6.61. The Kier molecular flexibility index (Phi) is 10.2. The Hall–Kier alpha value is -4.09. The van der Waals surface area contributed by atoms with Crippen molar-refractivity contribution in [1.82, 2.24) is 5.43 Å². The predicted octanol–water partition coefficient (Wildman–Crippen LogP) is 5.52. The van der Waals surface area contributed by atoms with Gasteiger partial charge in [0.15, 0.2) is 0 Å². The molecule has 1 unspecified atom stereocenters. The van der Waals surface area contributed by atoms with Gasteiger partial charge in [0.1, 0.15) is 10.8 Å². The molecular formula is C30H28BrN3O6S. The fourth-order valence-corrected chi connectivity index (χ4v) is 5.99. The van der Waals surface area contributed by atoms with Gasteiger partial charge in [-0.15, -0.1) is 11.3 Å². The summed E-state index contributed by atoms with van der Waals surface area (Å²) in [6, 6.07) is 14.2. The second kappa shape index (κ2) is 14.0. The van der Waals surface area contributed by atoms with Crippen LogP contribution in [0, 0.1) is 5.92 Å². The van der Waals surface area contributed by atoms with E-state index >= 15 is 0 Å². The lowest BCUT2D eigenvalue weighted by Crippen LogP contribution is -2.32. The van der Waals surface area contributed by atoms with E-state index in [4.69, 9.17) is 9.47 Å². The molecule has 212 valence electrons. The number of hydrogen-bond acceptors (Lipinski definition) is 8. The van der Waals surface area contributed by atoms with E-state index in [1.807, 2.05) is 30.3 Å². The molecule has 1 atom stereocenters. The zero-order chi connectivity index (χ0) is 29.4. The SMILES string of the molecule is CCOC(=O)c1c(NC(=O)C(=O)N/N=C/c2cc(Br)ccc2OC(=O)/C=C/c2ccccc2)sc2c1CCC(C)C2. The van der Waals surface area contributed by atoms with Crippen LogP contribution in [0.4, 0.5) is 5.00 Å². The Labute approximate surface area is 249 Å². The lowest BCUT2D eigenvalue weighted by atomic mass is 9.88. The van der Waals surface area contributed by atoms with Crippen LogP contribution in [0.5, 0.6) is 5.75 Å². The minimum atomic E-state index is -1.03. The molecule has 4 rings (SSSR count). The highest BCUT2D eigenvalue weighted by atomic mass is 79.9. The van der Waals surface area contributed by atoms with E-state index in [0.29, 0.717) is 27.9 Å². The van der Waals surface area contributed by atoms with Crippen molar-refractivity contribution < 1.29 is 28.7 Å². The zero-order valence-corrected chi connectivity index (χ0v) is 24.8. The van der Waals surface area contributed by atoms with Crippen molar-refractivity contribution in [3.63, 3.8) is 0 Å². The van der Waals surface area contributed by atoms with Crippen LogP contribution in [0.15, 0.2) is 64.2 Å². The molecule has 2 aromatic carbocycles. The normalized spacial score (nSPS) is 14.5. The van der Waals surface area contributed by atoms with E-state index < -0.39 is 23.8 Å². The largest absolute Gasteiger partial charge is 0.462 e. The second-order valence-corrected chi connectivity index (χ2v) is 11.3. The van der Waals surface area contributed by atoms with E-state index in [1.165, 1.54) is 23.6 Å². The first kappa shape index (κ1) is 29.9. The number of fused-ring (bicyclic) bond motifs is 1. The number of thiophene rings is 1. The number of carbonyl (C=O) groups is 4. The van der Waals surface area contributed by atoms with Crippen LogP contribution in [0.3, 0.4) is 0 Å². The van der Waals surface area contributed by atoms with Gasteiger partial charge >= 0.3 is 23.8 Å². The maximum absolute atomic E-state index is 12.7. The van der Waals surface area contributed by atoms with Gasteiger partial charge in [-0.25, -0.2) is 15.0 Å². The number of anilines is 1. The van der Waals surface area contributed by atoms with Crippen LogP contribution < -0.4 is 15.5 Å². The molecule has 0 spiro atoms. The molecule has 0 radical (unpaired) electrons. The maximum Gasteiger partial charge on any atom is 0.341 e. The summed E-state index contributed by atoms with van der Waals surface area (Å²) in [6.45, 7) is 4.04. The van der Waals surface area contributed by atoms with Crippen molar-refractivity contribution >= 4 is 68.3 Å². The van der Waals surface area contributed by atoms with Crippen LogP contribution >= 0.6 is 27.3 Å². The van der Waals surface area contributed by atoms with Crippen LogP contribution in [0.25, 0.3) is 6.08 Å². The van der Waals surface area contributed by atoms with Crippen LogP contribution in [-0.2, 0) is 32.0 Å². The van der Waals surface area contributed by atoms with Gasteiger partial charge in [0, 0.05) is 21.0 Å². The second-order valence-electron chi connectivity index (χ2n) is 9.28. The lowest BCUT2D eigenvalue weighted by molar-refractivity contribution is -0.136. The number of amides is 2. The molecule has 2 N–H and O–H groups in total. The van der Waals surface area contributed by atoms with E-state index in [-0.39, 0.29) is 17.4 Å². The van der Waals surface area contributed by atoms with Gasteiger partial charge in [0.25, 0.3) is 0 Å². The number of ether oxygens (including phenoxy) is 2. The van der Waals surface area contributed by atoms with Crippen molar-refractivity contribution in [2.45, 2.75) is 33.1 Å². The van der Waals surface area contributed by atoms with Gasteiger partial charge in [0.05, 0.1) is 18.4 Å². The van der Waals surface area contributed by atoms with Crippen molar-refractivity contribution in [1.29, 1.82) is 0 Å². The van der Waals surface area contributed by atoms with Gasteiger partial charge in [-0.1, -0.05) is 53.2 Å². The fraction of sp³-hybridized carbons (Fsp3) is 0.233. The highest BCUT2D eigenvalue weighted by molar-refractivity contribution is 9.10. The first-order valence-electron chi connectivity index (χ1n) is 13.0. The topological polar surface area (TPSA) is 123 Å². The smallest absolute Gasteiger partial charge is 0.341 e. The average molecular weight is 639 g/mol. The molecule has 9 nitrogen and oxygen atoms in total. The number of hydrazone groups is 1. The van der Waals surface area contributed by atoms with Crippen molar-refractivity contribution in [3.05, 3.63) is 86.2 Å². The van der Waals surface area contributed by atoms with Gasteiger partial charge in [-0.2, -0.15) is 5.10 Å². The monoisotopic (exact) mass is 637 g/mol. The molecule has 1 aromatic heterocycles. The number of rotatable bonds is 8. The number of nitrogens with one attached hydrogen (secondary N) is 2. The fourth-order valence-electron chi connectivity index (χ4n) is 4.21. The quantitative estimate of drug-likeness (QED) is 0.0837. The first-order valence-corrected chi connectivity index (χ1v) is 14.6. The molecule has 0 saturated heterocycles. The van der Waals surface area contributed by atoms with Gasteiger partial charge in [-0.3, -0.25) is 9.59 Å². The average Bonchev–Trinajstić information content (AvgIpc) is 3.30. The molecule has 1 aliphatic carbocycles. The third kappa shape index (κ3) is 7.99. The first-order chi connectivity index (χ1) is 19.7. The minimum absolute atomic E-state index is 0.193. The van der Waals surface area contributed by atoms with E-state index in [0.717, 1.165) is 28.8 Å². The summed E-state index contributed by atoms with van der Waals surface area (Å²) < 4.78 is 11.3.